The van der Waals surface area contributed by atoms with Gasteiger partial charge in [-0.2, -0.15) is 0 Å². The molecule has 3 aromatic rings. The van der Waals surface area contributed by atoms with Gasteiger partial charge in [-0.05, 0) is 42.8 Å². The maximum absolute atomic E-state index is 5.35. The van der Waals surface area contributed by atoms with E-state index in [4.69, 9.17) is 12.2 Å². The van der Waals surface area contributed by atoms with Crippen molar-refractivity contribution in [3.8, 4) is 0 Å². The standard InChI is InChI=1S/C15H15N3S/c19-15-17-13-9-4-10-16-14(13)18(15)11-5-8-12-6-2-1-3-7-12/h1-4,6-7,9-10H,5,8,11H2,(H,17,19). The van der Waals surface area contributed by atoms with Crippen molar-refractivity contribution in [1.82, 2.24) is 14.5 Å². The van der Waals surface area contributed by atoms with E-state index < -0.39 is 0 Å². The Morgan fingerprint density at radius 1 is 1.11 bits per heavy atom. The van der Waals surface area contributed by atoms with E-state index in [0.717, 1.165) is 35.3 Å². The second-order valence-corrected chi connectivity index (χ2v) is 4.93. The number of imidazole rings is 1. The Morgan fingerprint density at radius 3 is 2.79 bits per heavy atom. The molecule has 4 heteroatoms. The molecule has 0 radical (unpaired) electrons. The van der Waals surface area contributed by atoms with Crippen LogP contribution in [-0.4, -0.2) is 14.5 Å². The summed E-state index contributed by atoms with van der Waals surface area (Å²) < 4.78 is 2.83. The number of fused-ring (bicyclic) bond motifs is 1. The lowest BCUT2D eigenvalue weighted by Crippen LogP contribution is -2.00. The molecule has 96 valence electrons. The molecule has 19 heavy (non-hydrogen) atoms. The molecule has 3 nitrogen and oxygen atoms in total. The first-order valence-electron chi connectivity index (χ1n) is 6.42. The highest BCUT2D eigenvalue weighted by molar-refractivity contribution is 7.71. The summed E-state index contributed by atoms with van der Waals surface area (Å²) in [6, 6.07) is 14.4. The normalized spacial score (nSPS) is 10.9. The van der Waals surface area contributed by atoms with E-state index in [1.807, 2.05) is 18.2 Å². The van der Waals surface area contributed by atoms with Crippen molar-refractivity contribution in [2.75, 3.05) is 0 Å². The van der Waals surface area contributed by atoms with Crippen molar-refractivity contribution < 1.29 is 0 Å². The fourth-order valence-electron chi connectivity index (χ4n) is 2.28. The summed E-state index contributed by atoms with van der Waals surface area (Å²) in [7, 11) is 0. The van der Waals surface area contributed by atoms with Gasteiger partial charge in [-0.1, -0.05) is 30.3 Å². The van der Waals surface area contributed by atoms with Gasteiger partial charge in [0.25, 0.3) is 0 Å². The van der Waals surface area contributed by atoms with Crippen molar-refractivity contribution >= 4 is 23.4 Å². The van der Waals surface area contributed by atoms with Crippen LogP contribution in [0.15, 0.2) is 48.7 Å². The quantitative estimate of drug-likeness (QED) is 0.732. The molecule has 0 amide bonds. The molecule has 0 fully saturated rings. The molecule has 0 aliphatic heterocycles. The van der Waals surface area contributed by atoms with Crippen LogP contribution in [0.25, 0.3) is 11.2 Å². The van der Waals surface area contributed by atoms with Gasteiger partial charge in [-0.3, -0.25) is 0 Å². The number of aromatic nitrogens is 3. The van der Waals surface area contributed by atoms with Gasteiger partial charge in [-0.25, -0.2) is 4.98 Å². The monoisotopic (exact) mass is 269 g/mol. The van der Waals surface area contributed by atoms with E-state index >= 15 is 0 Å². The maximum atomic E-state index is 5.35. The van der Waals surface area contributed by atoms with Gasteiger partial charge in [0.15, 0.2) is 10.4 Å². The first kappa shape index (κ1) is 12.1. The van der Waals surface area contributed by atoms with E-state index in [1.54, 1.807) is 6.20 Å². The molecule has 0 atom stereocenters. The molecule has 2 aromatic heterocycles. The van der Waals surface area contributed by atoms with Crippen molar-refractivity contribution in [2.24, 2.45) is 0 Å². The Morgan fingerprint density at radius 2 is 1.95 bits per heavy atom. The van der Waals surface area contributed by atoms with Crippen LogP contribution >= 0.6 is 12.2 Å². The predicted octanol–water partition coefficient (Wildman–Crippen LogP) is 3.73. The number of aromatic amines is 1. The molecule has 3 rings (SSSR count). The smallest absolute Gasteiger partial charge is 0.179 e. The lowest BCUT2D eigenvalue weighted by molar-refractivity contribution is 0.646. The lowest BCUT2D eigenvalue weighted by Gasteiger charge is -2.04. The molecule has 0 bridgehead atoms. The summed E-state index contributed by atoms with van der Waals surface area (Å²) in [4.78, 5) is 7.58. The average Bonchev–Trinajstić information content (AvgIpc) is 2.76. The third kappa shape index (κ3) is 2.58. The number of aryl methyl sites for hydroxylation is 2. The van der Waals surface area contributed by atoms with Gasteiger partial charge in [0.2, 0.25) is 0 Å². The van der Waals surface area contributed by atoms with Gasteiger partial charge in [0.1, 0.15) is 0 Å². The molecule has 1 N–H and O–H groups in total. The highest BCUT2D eigenvalue weighted by Crippen LogP contribution is 2.12. The molecule has 0 aliphatic rings. The number of hydrogen-bond donors (Lipinski definition) is 1. The van der Waals surface area contributed by atoms with Crippen molar-refractivity contribution in [1.29, 1.82) is 0 Å². The van der Waals surface area contributed by atoms with E-state index in [2.05, 4.69) is 38.8 Å². The van der Waals surface area contributed by atoms with E-state index in [-0.39, 0.29) is 0 Å². The van der Waals surface area contributed by atoms with Crippen LogP contribution in [-0.2, 0) is 13.0 Å². The molecule has 2 heterocycles. The van der Waals surface area contributed by atoms with E-state index in [9.17, 15) is 0 Å². The second-order valence-electron chi connectivity index (χ2n) is 4.55. The van der Waals surface area contributed by atoms with E-state index in [1.165, 1.54) is 5.56 Å². The summed E-state index contributed by atoms with van der Waals surface area (Å²) in [5.41, 5.74) is 3.31. The Balaban J connectivity index is 1.75. The average molecular weight is 269 g/mol. The molecule has 0 spiro atoms. The summed E-state index contributed by atoms with van der Waals surface area (Å²) >= 11 is 5.35. The zero-order valence-corrected chi connectivity index (χ0v) is 11.4. The minimum Gasteiger partial charge on any atom is -0.329 e. The minimum atomic E-state index is 0.752. The Labute approximate surface area is 116 Å². The van der Waals surface area contributed by atoms with Crippen molar-refractivity contribution in [2.45, 2.75) is 19.4 Å². The van der Waals surface area contributed by atoms with Crippen LogP contribution in [0.5, 0.6) is 0 Å². The molecular formula is C15H15N3S. The molecule has 0 saturated carbocycles. The van der Waals surface area contributed by atoms with Gasteiger partial charge < -0.3 is 9.55 Å². The first-order valence-corrected chi connectivity index (χ1v) is 6.83. The van der Waals surface area contributed by atoms with Gasteiger partial charge >= 0.3 is 0 Å². The number of rotatable bonds is 4. The van der Waals surface area contributed by atoms with Crippen molar-refractivity contribution in [3.63, 3.8) is 0 Å². The largest absolute Gasteiger partial charge is 0.329 e. The summed E-state index contributed by atoms with van der Waals surface area (Å²) in [6.07, 6.45) is 3.92. The SMILES string of the molecule is S=c1[nH]c2cccnc2n1CCCc1ccccc1. The highest BCUT2D eigenvalue weighted by atomic mass is 32.1. The summed E-state index contributed by atoms with van der Waals surface area (Å²) in [5.74, 6) is 0. The third-order valence-electron chi connectivity index (χ3n) is 3.22. The van der Waals surface area contributed by atoms with Crippen LogP contribution in [0.3, 0.4) is 0 Å². The Kier molecular flexibility index (Phi) is 3.42. The lowest BCUT2D eigenvalue weighted by atomic mass is 10.1. The van der Waals surface area contributed by atoms with Gasteiger partial charge in [0, 0.05) is 12.7 Å². The summed E-state index contributed by atoms with van der Waals surface area (Å²) in [6.45, 7) is 0.894. The minimum absolute atomic E-state index is 0.752. The fraction of sp³-hybridized carbons (Fsp3) is 0.200. The number of nitrogens with zero attached hydrogens (tertiary/aromatic N) is 2. The number of nitrogens with one attached hydrogen (secondary N) is 1. The van der Waals surface area contributed by atoms with E-state index in [0.29, 0.717) is 0 Å². The Hall–Kier alpha value is -1.94. The zero-order valence-electron chi connectivity index (χ0n) is 10.5. The predicted molar refractivity (Wildman–Crippen MR) is 79.7 cm³/mol. The van der Waals surface area contributed by atoms with Crippen LogP contribution in [0.2, 0.25) is 0 Å². The second kappa shape index (κ2) is 5.36. The molecule has 0 saturated heterocycles. The molecule has 0 unspecified atom stereocenters. The van der Waals surface area contributed by atoms with Gasteiger partial charge in [0.05, 0.1) is 5.52 Å². The fourth-order valence-corrected chi connectivity index (χ4v) is 2.57. The first-order chi connectivity index (χ1) is 9.34. The molecule has 1 aromatic carbocycles. The van der Waals surface area contributed by atoms with Crippen LogP contribution in [0.1, 0.15) is 12.0 Å². The highest BCUT2D eigenvalue weighted by Gasteiger charge is 2.04. The third-order valence-corrected chi connectivity index (χ3v) is 3.54. The maximum Gasteiger partial charge on any atom is 0.179 e. The number of pyridine rings is 1. The zero-order chi connectivity index (χ0) is 13.1. The topological polar surface area (TPSA) is 33.6 Å². The van der Waals surface area contributed by atoms with Crippen LogP contribution in [0, 0.1) is 4.77 Å². The summed E-state index contributed by atoms with van der Waals surface area (Å²) in [5, 5.41) is 0. The number of H-pyrrole nitrogens is 1. The number of benzene rings is 1. The van der Waals surface area contributed by atoms with Crippen molar-refractivity contribution in [3.05, 3.63) is 59.0 Å². The molecular weight excluding hydrogens is 254 g/mol. The van der Waals surface area contributed by atoms with Crippen LogP contribution in [0.4, 0.5) is 0 Å². The van der Waals surface area contributed by atoms with Crippen LogP contribution < -0.4 is 0 Å². The molecule has 0 aliphatic carbocycles. The Bertz CT molecular complexity index is 728. The van der Waals surface area contributed by atoms with Gasteiger partial charge in [-0.15, -0.1) is 0 Å². The number of hydrogen-bond acceptors (Lipinski definition) is 2.